The minimum absolute atomic E-state index is 0.0746. The Hall–Kier alpha value is -0.520. The van der Waals surface area contributed by atoms with Gasteiger partial charge in [0.15, 0.2) is 0 Å². The fourth-order valence-electron chi connectivity index (χ4n) is 0.616. The molecule has 0 aromatic heterocycles. The zero-order chi connectivity index (χ0) is 9.99. The quantitative estimate of drug-likeness (QED) is 0.680. The lowest BCUT2D eigenvalue weighted by molar-refractivity contribution is -0.130. The number of hydrogen-bond acceptors (Lipinski definition) is 3. The molecule has 3 nitrogen and oxygen atoms in total. The Labute approximate surface area is 69.7 Å². The summed E-state index contributed by atoms with van der Waals surface area (Å²) < 4.78 is 46.6. The molecule has 0 amide bonds. The molecule has 0 saturated heterocycles. The Morgan fingerprint density at radius 1 is 1.42 bits per heavy atom. The van der Waals surface area contributed by atoms with Crippen molar-refractivity contribution in [3.8, 4) is 0 Å². The summed E-state index contributed by atoms with van der Waals surface area (Å²) in [5, 5.41) is -4.22. The number of ketones is 1. The van der Waals surface area contributed by atoms with Gasteiger partial charge in [0.25, 0.3) is 0 Å². The molecule has 72 valence electrons. The highest BCUT2D eigenvalue weighted by Crippen LogP contribution is 2.23. The van der Waals surface area contributed by atoms with Crippen LogP contribution in [0.25, 0.3) is 0 Å². The van der Waals surface area contributed by atoms with Gasteiger partial charge in [-0.05, 0) is 6.42 Å². The zero-order valence-corrected chi connectivity index (χ0v) is 7.62. The first-order chi connectivity index (χ1) is 5.25. The maximum atomic E-state index is 12.6. The number of hydrogen-bond donors (Lipinski definition) is 0. The number of sulfone groups is 1. The van der Waals surface area contributed by atoms with Crippen molar-refractivity contribution in [1.29, 1.82) is 0 Å². The molecule has 0 radical (unpaired) electrons. The first-order valence-electron chi connectivity index (χ1n) is 3.37. The SMILES string of the molecule is CCCS(=O)(=O)C(F)(F)C(C)=O. The van der Waals surface area contributed by atoms with E-state index in [1.54, 1.807) is 0 Å². The number of halogens is 2. The molecule has 0 fully saturated rings. The molecule has 0 aromatic carbocycles. The average molecular weight is 200 g/mol. The minimum atomic E-state index is -4.59. The van der Waals surface area contributed by atoms with Crippen LogP contribution in [0.3, 0.4) is 0 Å². The Morgan fingerprint density at radius 2 is 1.83 bits per heavy atom. The predicted molar refractivity (Wildman–Crippen MR) is 39.7 cm³/mol. The largest absolute Gasteiger partial charge is 0.402 e. The molecule has 0 aliphatic rings. The molecule has 12 heavy (non-hydrogen) atoms. The molecule has 0 spiro atoms. The summed E-state index contributed by atoms with van der Waals surface area (Å²) in [6.45, 7) is 2.01. The molecule has 0 N–H and O–H groups in total. The maximum Gasteiger partial charge on any atom is 0.402 e. The Bertz CT molecular complexity index is 269. The van der Waals surface area contributed by atoms with Crippen LogP contribution in [0.15, 0.2) is 0 Å². The van der Waals surface area contributed by atoms with Crippen LogP contribution in [0.4, 0.5) is 8.78 Å². The van der Waals surface area contributed by atoms with E-state index in [-0.39, 0.29) is 6.42 Å². The highest BCUT2D eigenvalue weighted by Gasteiger charge is 2.48. The Morgan fingerprint density at radius 3 is 2.08 bits per heavy atom. The van der Waals surface area contributed by atoms with E-state index in [2.05, 4.69) is 0 Å². The predicted octanol–water partition coefficient (Wildman–Crippen LogP) is 0.993. The van der Waals surface area contributed by atoms with Crippen molar-refractivity contribution in [3.05, 3.63) is 0 Å². The van der Waals surface area contributed by atoms with Gasteiger partial charge in [-0.1, -0.05) is 6.92 Å². The maximum absolute atomic E-state index is 12.6. The van der Waals surface area contributed by atoms with E-state index in [1.165, 1.54) is 6.92 Å². The molecule has 0 atom stereocenters. The molecular formula is C6H10F2O3S. The molecule has 0 aromatic rings. The lowest BCUT2D eigenvalue weighted by Crippen LogP contribution is -2.37. The normalized spacial score (nSPS) is 13.0. The van der Waals surface area contributed by atoms with E-state index in [1.807, 2.05) is 0 Å². The van der Waals surface area contributed by atoms with Gasteiger partial charge < -0.3 is 0 Å². The number of alkyl halides is 2. The van der Waals surface area contributed by atoms with E-state index in [4.69, 9.17) is 0 Å². The second-order valence-corrected chi connectivity index (χ2v) is 4.54. The van der Waals surface area contributed by atoms with E-state index >= 15 is 0 Å². The van der Waals surface area contributed by atoms with Crippen LogP contribution < -0.4 is 0 Å². The molecule has 6 heteroatoms. The second kappa shape index (κ2) is 3.47. The zero-order valence-electron chi connectivity index (χ0n) is 6.80. The summed E-state index contributed by atoms with van der Waals surface area (Å²) >= 11 is 0. The van der Waals surface area contributed by atoms with Gasteiger partial charge in [-0.2, -0.15) is 8.78 Å². The molecule has 0 aliphatic carbocycles. The molecule has 0 rings (SSSR count). The van der Waals surface area contributed by atoms with Gasteiger partial charge in [0.1, 0.15) is 0 Å². The van der Waals surface area contributed by atoms with E-state index in [9.17, 15) is 22.0 Å². The number of carbonyl (C=O) groups is 1. The summed E-state index contributed by atoms with van der Waals surface area (Å²) in [4.78, 5) is 10.3. The second-order valence-electron chi connectivity index (χ2n) is 2.39. The lowest BCUT2D eigenvalue weighted by Gasteiger charge is -2.12. The van der Waals surface area contributed by atoms with Gasteiger partial charge in [0.2, 0.25) is 15.6 Å². The number of carbonyl (C=O) groups excluding carboxylic acids is 1. The summed E-state index contributed by atoms with van der Waals surface area (Å²) in [5.74, 6) is -2.30. The van der Waals surface area contributed by atoms with Gasteiger partial charge in [-0.25, -0.2) is 8.42 Å². The summed E-state index contributed by atoms with van der Waals surface area (Å²) in [5.41, 5.74) is 0. The third kappa shape index (κ3) is 2.00. The van der Waals surface area contributed by atoms with Crippen LogP contribution >= 0.6 is 0 Å². The molecule has 0 heterocycles. The average Bonchev–Trinajstić information content (AvgIpc) is 1.86. The van der Waals surface area contributed by atoms with Crippen LogP contribution in [0.1, 0.15) is 20.3 Å². The van der Waals surface area contributed by atoms with Crippen molar-refractivity contribution < 1.29 is 22.0 Å². The number of Topliss-reactive ketones (excluding diaryl/α,β-unsaturated/α-hetero) is 1. The van der Waals surface area contributed by atoms with E-state index < -0.39 is 26.6 Å². The standard InChI is InChI=1S/C6H10F2O3S/c1-3-4-12(10,11)6(7,8)5(2)9/h3-4H2,1-2H3. The first-order valence-corrected chi connectivity index (χ1v) is 5.02. The van der Waals surface area contributed by atoms with Gasteiger partial charge >= 0.3 is 5.25 Å². The van der Waals surface area contributed by atoms with E-state index in [0.29, 0.717) is 6.92 Å². The molecule has 0 saturated carbocycles. The van der Waals surface area contributed by atoms with Gasteiger partial charge in [0.05, 0.1) is 5.75 Å². The first kappa shape index (κ1) is 11.5. The van der Waals surface area contributed by atoms with Gasteiger partial charge in [0, 0.05) is 6.92 Å². The van der Waals surface area contributed by atoms with Crippen LogP contribution in [-0.2, 0) is 14.6 Å². The summed E-state index contributed by atoms with van der Waals surface area (Å²) in [6, 6.07) is 0. The van der Waals surface area contributed by atoms with Crippen molar-refractivity contribution in [2.24, 2.45) is 0 Å². The Balaban J connectivity index is 4.90. The van der Waals surface area contributed by atoms with Crippen molar-refractivity contribution in [1.82, 2.24) is 0 Å². The highest BCUT2D eigenvalue weighted by atomic mass is 32.2. The molecular weight excluding hydrogens is 190 g/mol. The monoisotopic (exact) mass is 200 g/mol. The highest BCUT2D eigenvalue weighted by molar-refractivity contribution is 7.93. The van der Waals surface area contributed by atoms with E-state index in [0.717, 1.165) is 0 Å². The number of rotatable bonds is 4. The topological polar surface area (TPSA) is 51.2 Å². The fourth-order valence-corrected chi connectivity index (χ4v) is 1.85. The molecule has 0 aliphatic heterocycles. The fraction of sp³-hybridized carbons (Fsp3) is 0.833. The smallest absolute Gasteiger partial charge is 0.292 e. The van der Waals surface area contributed by atoms with Crippen molar-refractivity contribution in [3.63, 3.8) is 0 Å². The van der Waals surface area contributed by atoms with Gasteiger partial charge in [-0.15, -0.1) is 0 Å². The van der Waals surface area contributed by atoms with Crippen molar-refractivity contribution >= 4 is 15.6 Å². The minimum Gasteiger partial charge on any atom is -0.292 e. The lowest BCUT2D eigenvalue weighted by atomic mass is 10.5. The summed E-state index contributed by atoms with van der Waals surface area (Å²) in [7, 11) is -4.59. The van der Waals surface area contributed by atoms with Crippen LogP contribution in [0.5, 0.6) is 0 Å². The third-order valence-corrected chi connectivity index (χ3v) is 3.29. The van der Waals surface area contributed by atoms with Crippen molar-refractivity contribution in [2.75, 3.05) is 5.75 Å². The molecule has 0 bridgehead atoms. The summed E-state index contributed by atoms with van der Waals surface area (Å²) in [6.07, 6.45) is 0.0746. The van der Waals surface area contributed by atoms with Crippen LogP contribution in [-0.4, -0.2) is 25.2 Å². The van der Waals surface area contributed by atoms with Gasteiger partial charge in [-0.3, -0.25) is 4.79 Å². The third-order valence-electron chi connectivity index (χ3n) is 1.27. The van der Waals surface area contributed by atoms with Crippen LogP contribution in [0, 0.1) is 0 Å². The van der Waals surface area contributed by atoms with Crippen molar-refractivity contribution in [2.45, 2.75) is 25.5 Å². The molecule has 0 unspecified atom stereocenters. The van der Waals surface area contributed by atoms with Crippen LogP contribution in [0.2, 0.25) is 0 Å². The Kier molecular flexibility index (Phi) is 3.32.